The fourth-order valence-corrected chi connectivity index (χ4v) is 1.81. The molecule has 0 aliphatic heterocycles. The minimum absolute atomic E-state index is 0.0382. The second kappa shape index (κ2) is 3.33. The van der Waals surface area contributed by atoms with Crippen LogP contribution < -0.4 is 5.73 Å². The minimum Gasteiger partial charge on any atom is -0.358 e. The monoisotopic (exact) mass is 197 g/mol. The largest absolute Gasteiger partial charge is 0.410 e. The maximum Gasteiger partial charge on any atom is 0.410 e. The molecule has 1 aliphatic rings. The highest BCUT2D eigenvalue weighted by molar-refractivity contribution is 5.10. The van der Waals surface area contributed by atoms with Gasteiger partial charge in [-0.3, -0.25) is 0 Å². The molecule has 2 atom stereocenters. The number of nitro groups is 1. The summed E-state index contributed by atoms with van der Waals surface area (Å²) in [5.74, 6) is -0.218. The molecular formula is C7H11N5O2. The van der Waals surface area contributed by atoms with E-state index < -0.39 is 4.92 Å². The Bertz CT molecular complexity index is 350. The summed E-state index contributed by atoms with van der Waals surface area (Å²) >= 11 is 0. The Morgan fingerprint density at radius 2 is 2.43 bits per heavy atom. The van der Waals surface area contributed by atoms with Crippen molar-refractivity contribution in [3.05, 3.63) is 16.3 Å². The van der Waals surface area contributed by atoms with Crippen LogP contribution in [0.4, 0.5) is 5.82 Å². The van der Waals surface area contributed by atoms with Crippen LogP contribution in [0.2, 0.25) is 0 Å². The van der Waals surface area contributed by atoms with E-state index in [0.717, 1.165) is 19.3 Å². The SMILES string of the molecule is NC1CCCC1n1cc([N+](=O)[O-])nn1. The number of nitrogens with zero attached hydrogens (tertiary/aromatic N) is 4. The van der Waals surface area contributed by atoms with Crippen molar-refractivity contribution in [2.45, 2.75) is 31.3 Å². The van der Waals surface area contributed by atoms with Gasteiger partial charge in [0.15, 0.2) is 0 Å². The topological polar surface area (TPSA) is 99.9 Å². The van der Waals surface area contributed by atoms with Crippen LogP contribution in [0.15, 0.2) is 6.20 Å². The van der Waals surface area contributed by atoms with Crippen LogP contribution in [0.25, 0.3) is 0 Å². The van der Waals surface area contributed by atoms with E-state index in [1.165, 1.54) is 10.9 Å². The van der Waals surface area contributed by atoms with Crippen LogP contribution in [0.5, 0.6) is 0 Å². The fraction of sp³-hybridized carbons (Fsp3) is 0.714. The summed E-state index contributed by atoms with van der Waals surface area (Å²) in [6.07, 6.45) is 4.25. The Morgan fingerprint density at radius 1 is 1.64 bits per heavy atom. The molecule has 2 rings (SSSR count). The van der Waals surface area contributed by atoms with Crippen molar-refractivity contribution < 1.29 is 4.92 Å². The van der Waals surface area contributed by atoms with Crippen LogP contribution in [-0.2, 0) is 0 Å². The molecule has 1 aliphatic carbocycles. The van der Waals surface area contributed by atoms with Gasteiger partial charge in [-0.15, -0.1) is 0 Å². The first-order chi connectivity index (χ1) is 6.68. The third-order valence-electron chi connectivity index (χ3n) is 2.56. The molecular weight excluding hydrogens is 186 g/mol. The van der Waals surface area contributed by atoms with Crippen LogP contribution in [0.1, 0.15) is 25.3 Å². The third-order valence-corrected chi connectivity index (χ3v) is 2.56. The van der Waals surface area contributed by atoms with Gasteiger partial charge >= 0.3 is 5.82 Å². The van der Waals surface area contributed by atoms with Crippen molar-refractivity contribution in [3.63, 3.8) is 0 Å². The summed E-state index contributed by atoms with van der Waals surface area (Å²) in [4.78, 5) is 9.82. The predicted molar refractivity (Wildman–Crippen MR) is 47.5 cm³/mol. The van der Waals surface area contributed by atoms with E-state index in [4.69, 9.17) is 5.73 Å². The van der Waals surface area contributed by atoms with Gasteiger partial charge in [-0.1, -0.05) is 0 Å². The minimum atomic E-state index is -0.552. The summed E-state index contributed by atoms with van der Waals surface area (Å²) in [7, 11) is 0. The molecule has 7 nitrogen and oxygen atoms in total. The van der Waals surface area contributed by atoms with Crippen LogP contribution in [0.3, 0.4) is 0 Å². The van der Waals surface area contributed by atoms with Gasteiger partial charge in [-0.25, -0.2) is 4.68 Å². The molecule has 7 heteroatoms. The molecule has 0 radical (unpaired) electrons. The molecule has 0 amide bonds. The van der Waals surface area contributed by atoms with E-state index in [-0.39, 0.29) is 17.9 Å². The molecule has 14 heavy (non-hydrogen) atoms. The zero-order chi connectivity index (χ0) is 10.1. The first kappa shape index (κ1) is 9.07. The van der Waals surface area contributed by atoms with Crippen molar-refractivity contribution in [2.75, 3.05) is 0 Å². The molecule has 0 bridgehead atoms. The molecule has 2 unspecified atom stereocenters. The van der Waals surface area contributed by atoms with E-state index in [2.05, 4.69) is 10.3 Å². The quantitative estimate of drug-likeness (QED) is 0.540. The summed E-state index contributed by atoms with van der Waals surface area (Å²) in [5, 5.41) is 17.5. The first-order valence-corrected chi connectivity index (χ1v) is 4.50. The standard InChI is InChI=1S/C7H11N5O2/c8-5-2-1-3-6(5)11-4-7(9-10-11)12(13)14/h4-6H,1-3,8H2. The highest BCUT2D eigenvalue weighted by Crippen LogP contribution is 2.28. The molecule has 0 saturated heterocycles. The third kappa shape index (κ3) is 1.46. The average molecular weight is 197 g/mol. The Kier molecular flexibility index (Phi) is 2.16. The Hall–Kier alpha value is -1.50. The van der Waals surface area contributed by atoms with Gasteiger partial charge in [0.2, 0.25) is 0 Å². The van der Waals surface area contributed by atoms with Gasteiger partial charge in [0, 0.05) is 6.04 Å². The molecule has 76 valence electrons. The summed E-state index contributed by atoms with van der Waals surface area (Å²) in [6.45, 7) is 0. The number of nitrogens with two attached hydrogens (primary N) is 1. The Balaban J connectivity index is 2.20. The summed E-state index contributed by atoms with van der Waals surface area (Å²) in [5.41, 5.74) is 5.84. The van der Waals surface area contributed by atoms with E-state index >= 15 is 0 Å². The smallest absolute Gasteiger partial charge is 0.358 e. The Morgan fingerprint density at radius 3 is 2.93 bits per heavy atom. The van der Waals surface area contributed by atoms with Crippen LogP contribution >= 0.6 is 0 Å². The number of hydrogen-bond acceptors (Lipinski definition) is 5. The van der Waals surface area contributed by atoms with Gasteiger partial charge in [-0.05, 0) is 24.2 Å². The number of rotatable bonds is 2. The van der Waals surface area contributed by atoms with E-state index in [1.54, 1.807) is 0 Å². The maximum absolute atomic E-state index is 10.4. The lowest BCUT2D eigenvalue weighted by atomic mass is 10.2. The number of aromatic nitrogens is 3. The molecule has 1 fully saturated rings. The lowest BCUT2D eigenvalue weighted by Gasteiger charge is -2.12. The molecule has 0 spiro atoms. The van der Waals surface area contributed by atoms with Crippen molar-refractivity contribution in [1.82, 2.24) is 15.0 Å². The molecule has 1 heterocycles. The molecule has 1 aromatic rings. The van der Waals surface area contributed by atoms with Gasteiger partial charge in [0.05, 0.1) is 11.3 Å². The van der Waals surface area contributed by atoms with Gasteiger partial charge in [0.25, 0.3) is 0 Å². The summed E-state index contributed by atoms with van der Waals surface area (Å²) in [6, 6.07) is 0.104. The van der Waals surface area contributed by atoms with Crippen molar-refractivity contribution in [2.24, 2.45) is 5.73 Å². The van der Waals surface area contributed by atoms with Crippen LogP contribution in [-0.4, -0.2) is 26.0 Å². The predicted octanol–water partition coefficient (Wildman–Crippen LogP) is 0.239. The van der Waals surface area contributed by atoms with Gasteiger partial charge in [-0.2, -0.15) is 0 Å². The fourth-order valence-electron chi connectivity index (χ4n) is 1.81. The molecule has 0 aromatic carbocycles. The first-order valence-electron chi connectivity index (χ1n) is 4.50. The van der Waals surface area contributed by atoms with E-state index in [9.17, 15) is 10.1 Å². The lowest BCUT2D eigenvalue weighted by Crippen LogP contribution is -2.27. The zero-order valence-electron chi connectivity index (χ0n) is 7.54. The maximum atomic E-state index is 10.4. The summed E-state index contributed by atoms with van der Waals surface area (Å²) < 4.78 is 1.51. The molecule has 1 saturated carbocycles. The van der Waals surface area contributed by atoms with Gasteiger partial charge < -0.3 is 15.8 Å². The highest BCUT2D eigenvalue weighted by atomic mass is 16.6. The lowest BCUT2D eigenvalue weighted by molar-refractivity contribution is -0.389. The molecule has 1 aromatic heterocycles. The molecule has 2 N–H and O–H groups in total. The van der Waals surface area contributed by atoms with Crippen molar-refractivity contribution >= 4 is 5.82 Å². The Labute approximate surface area is 80.0 Å². The highest BCUT2D eigenvalue weighted by Gasteiger charge is 2.28. The van der Waals surface area contributed by atoms with E-state index in [1.807, 2.05) is 0 Å². The normalized spacial score (nSPS) is 26.6. The zero-order valence-corrected chi connectivity index (χ0v) is 7.54. The second-order valence-electron chi connectivity index (χ2n) is 3.48. The van der Waals surface area contributed by atoms with E-state index in [0.29, 0.717) is 0 Å². The van der Waals surface area contributed by atoms with Crippen molar-refractivity contribution in [3.8, 4) is 0 Å². The number of hydrogen-bond donors (Lipinski definition) is 1. The van der Waals surface area contributed by atoms with Gasteiger partial charge in [0.1, 0.15) is 11.3 Å². The average Bonchev–Trinajstić information content (AvgIpc) is 2.71. The van der Waals surface area contributed by atoms with Crippen LogP contribution in [0, 0.1) is 10.1 Å². The van der Waals surface area contributed by atoms with Crippen molar-refractivity contribution in [1.29, 1.82) is 0 Å². The second-order valence-corrected chi connectivity index (χ2v) is 3.48.